The quantitative estimate of drug-likeness (QED) is 0.302. The number of amides is 1. The van der Waals surface area contributed by atoms with Gasteiger partial charge in [0.1, 0.15) is 0 Å². The number of carbonyl (C=O) groups is 1. The number of rotatable bonds is 9. The van der Waals surface area contributed by atoms with Gasteiger partial charge in [-0.25, -0.2) is 4.98 Å². The van der Waals surface area contributed by atoms with Crippen molar-refractivity contribution in [2.75, 3.05) is 5.32 Å². The van der Waals surface area contributed by atoms with Crippen LogP contribution in [0, 0.1) is 0 Å². The predicted octanol–water partition coefficient (Wildman–Crippen LogP) is 5.40. The molecule has 4 rings (SSSR count). The lowest BCUT2D eigenvalue weighted by Crippen LogP contribution is -2.13. The van der Waals surface area contributed by atoms with E-state index >= 15 is 0 Å². The number of nitrogens with one attached hydrogen (secondary N) is 1. The predicted molar refractivity (Wildman–Crippen MR) is 120 cm³/mol. The maximum atomic E-state index is 10.6. The van der Waals surface area contributed by atoms with Crippen molar-refractivity contribution in [3.63, 3.8) is 0 Å². The molecule has 0 spiro atoms. The molecule has 29 heavy (non-hydrogen) atoms. The molecule has 4 aromatic rings. The lowest BCUT2D eigenvalue weighted by Gasteiger charge is -2.18. The number of nitrogens with zero attached hydrogens (tertiary/aromatic N) is 2. The molecule has 1 unspecified atom stereocenters. The van der Waals surface area contributed by atoms with Gasteiger partial charge < -0.3 is 9.88 Å². The summed E-state index contributed by atoms with van der Waals surface area (Å²) in [5.74, 6) is 0. The molecule has 0 fully saturated rings. The number of aromatic nitrogens is 2. The third kappa shape index (κ3) is 5.27. The molecule has 3 aromatic carbocycles. The number of hydrogen-bond donors (Lipinski definition) is 1. The van der Waals surface area contributed by atoms with Gasteiger partial charge in [-0.3, -0.25) is 4.79 Å². The number of carbonyl (C=O) groups excluding carboxylic acids is 1. The summed E-state index contributed by atoms with van der Waals surface area (Å²) in [6, 6.07) is 23.2. The van der Waals surface area contributed by atoms with Crippen molar-refractivity contribution in [3.05, 3.63) is 91.0 Å². The second-order valence-electron chi connectivity index (χ2n) is 7.01. The zero-order valence-corrected chi connectivity index (χ0v) is 16.9. The van der Waals surface area contributed by atoms with Crippen LogP contribution in [0.1, 0.15) is 12.0 Å². The number of imidazole rings is 1. The zero-order valence-electron chi connectivity index (χ0n) is 16.1. The minimum absolute atomic E-state index is 0.417. The smallest absolute Gasteiger partial charge is 0.211 e. The third-order valence-corrected chi connectivity index (χ3v) is 6.19. The highest BCUT2D eigenvalue weighted by atomic mass is 32.2. The highest BCUT2D eigenvalue weighted by Gasteiger charge is 2.12. The highest BCUT2D eigenvalue weighted by Crippen LogP contribution is 2.29. The van der Waals surface area contributed by atoms with Gasteiger partial charge in [0.2, 0.25) is 6.41 Å². The minimum Gasteiger partial charge on any atom is -0.336 e. The summed E-state index contributed by atoms with van der Waals surface area (Å²) in [4.78, 5) is 16.0. The number of fused-ring (bicyclic) bond motifs is 1. The van der Waals surface area contributed by atoms with Crippen LogP contribution in [-0.2, 0) is 17.8 Å². The molecular weight excluding hydrogens is 378 g/mol. The van der Waals surface area contributed by atoms with E-state index in [4.69, 9.17) is 0 Å². The summed E-state index contributed by atoms with van der Waals surface area (Å²) in [6.07, 6.45) is 8.51. The monoisotopic (exact) mass is 401 g/mol. The van der Waals surface area contributed by atoms with Gasteiger partial charge in [0.05, 0.1) is 6.33 Å². The molecule has 0 radical (unpaired) electrons. The molecule has 146 valence electrons. The largest absolute Gasteiger partial charge is 0.336 e. The first-order valence-corrected chi connectivity index (χ1v) is 10.6. The van der Waals surface area contributed by atoms with Crippen LogP contribution >= 0.6 is 11.8 Å². The van der Waals surface area contributed by atoms with E-state index < -0.39 is 0 Å². The van der Waals surface area contributed by atoms with Gasteiger partial charge in [-0.1, -0.05) is 42.5 Å². The van der Waals surface area contributed by atoms with Crippen molar-refractivity contribution in [2.24, 2.45) is 0 Å². The Morgan fingerprint density at radius 2 is 1.86 bits per heavy atom. The molecule has 0 saturated heterocycles. The summed E-state index contributed by atoms with van der Waals surface area (Å²) < 4.78 is 2.14. The lowest BCUT2D eigenvalue weighted by molar-refractivity contribution is -0.105. The van der Waals surface area contributed by atoms with E-state index in [1.54, 1.807) is 0 Å². The number of benzene rings is 3. The molecule has 0 saturated carbocycles. The fraction of sp³-hybridized carbons (Fsp3) is 0.167. The summed E-state index contributed by atoms with van der Waals surface area (Å²) in [6.45, 7) is 0.909. The SMILES string of the molecule is O=CNc1ccc(SC(CCc2ccc3ccccc3c2)Cn2ccnc2)cc1. The number of aryl methyl sites for hydroxylation is 1. The second kappa shape index (κ2) is 9.43. The molecule has 1 atom stereocenters. The maximum absolute atomic E-state index is 10.6. The molecule has 5 heteroatoms. The van der Waals surface area contributed by atoms with Crippen LogP contribution in [-0.4, -0.2) is 21.2 Å². The van der Waals surface area contributed by atoms with Gasteiger partial charge >= 0.3 is 0 Å². The van der Waals surface area contributed by atoms with Gasteiger partial charge in [0.25, 0.3) is 0 Å². The van der Waals surface area contributed by atoms with Gasteiger partial charge in [-0.2, -0.15) is 0 Å². The summed E-state index contributed by atoms with van der Waals surface area (Å²) in [5, 5.41) is 5.68. The number of hydrogen-bond acceptors (Lipinski definition) is 3. The summed E-state index contributed by atoms with van der Waals surface area (Å²) >= 11 is 1.87. The molecule has 1 amide bonds. The van der Waals surface area contributed by atoms with E-state index in [9.17, 15) is 4.79 Å². The zero-order chi connectivity index (χ0) is 19.9. The molecule has 0 aliphatic carbocycles. The van der Waals surface area contributed by atoms with Gasteiger partial charge in [-0.15, -0.1) is 11.8 Å². The van der Waals surface area contributed by atoms with E-state index in [0.29, 0.717) is 11.7 Å². The van der Waals surface area contributed by atoms with E-state index in [0.717, 1.165) is 25.1 Å². The molecular formula is C24H23N3OS. The van der Waals surface area contributed by atoms with E-state index in [2.05, 4.69) is 69.5 Å². The van der Waals surface area contributed by atoms with Gasteiger partial charge in [-0.05, 0) is 53.4 Å². The fourth-order valence-electron chi connectivity index (χ4n) is 3.43. The van der Waals surface area contributed by atoms with Crippen molar-refractivity contribution in [3.8, 4) is 0 Å². The van der Waals surface area contributed by atoms with Crippen LogP contribution in [0.2, 0.25) is 0 Å². The fourth-order valence-corrected chi connectivity index (χ4v) is 4.59. The molecule has 0 aliphatic rings. The van der Waals surface area contributed by atoms with Crippen molar-refractivity contribution < 1.29 is 4.79 Å². The summed E-state index contributed by atoms with van der Waals surface area (Å²) in [7, 11) is 0. The third-order valence-electron chi connectivity index (χ3n) is 4.93. The Hall–Kier alpha value is -3.05. The first kappa shape index (κ1) is 19.3. The van der Waals surface area contributed by atoms with Crippen molar-refractivity contribution >= 4 is 34.6 Å². The average Bonchev–Trinajstić information content (AvgIpc) is 3.26. The van der Waals surface area contributed by atoms with Crippen molar-refractivity contribution in [1.29, 1.82) is 0 Å². The normalized spacial score (nSPS) is 12.0. The second-order valence-corrected chi connectivity index (χ2v) is 8.38. The first-order chi connectivity index (χ1) is 14.3. The van der Waals surface area contributed by atoms with Crippen LogP contribution in [0.5, 0.6) is 0 Å². The summed E-state index contributed by atoms with van der Waals surface area (Å²) in [5.41, 5.74) is 2.18. The number of thioether (sulfide) groups is 1. The standard InChI is InChI=1S/C24H23N3OS/c28-18-26-22-8-11-23(12-9-22)29-24(16-27-14-13-25-17-27)10-6-19-5-7-20-3-1-2-4-21(20)15-19/h1-5,7-9,11-15,17-18,24H,6,10,16H2,(H,26,28). The Labute approximate surface area is 175 Å². The molecule has 4 nitrogen and oxygen atoms in total. The lowest BCUT2D eigenvalue weighted by atomic mass is 10.0. The molecule has 0 aliphatic heterocycles. The van der Waals surface area contributed by atoms with Gasteiger partial charge in [0, 0.05) is 34.8 Å². The maximum Gasteiger partial charge on any atom is 0.211 e. The Morgan fingerprint density at radius 3 is 2.62 bits per heavy atom. The average molecular weight is 402 g/mol. The van der Waals surface area contributed by atoms with E-state index in [-0.39, 0.29) is 0 Å². The van der Waals surface area contributed by atoms with Crippen molar-refractivity contribution in [2.45, 2.75) is 29.5 Å². The molecule has 1 aromatic heterocycles. The van der Waals surface area contributed by atoms with E-state index in [1.165, 1.54) is 21.2 Å². The minimum atomic E-state index is 0.417. The van der Waals surface area contributed by atoms with Gasteiger partial charge in [0.15, 0.2) is 0 Å². The molecule has 0 bridgehead atoms. The Bertz CT molecular complexity index is 1060. The Kier molecular flexibility index (Phi) is 6.27. The van der Waals surface area contributed by atoms with Crippen LogP contribution in [0.25, 0.3) is 10.8 Å². The topological polar surface area (TPSA) is 46.9 Å². The van der Waals surface area contributed by atoms with Crippen LogP contribution in [0.15, 0.2) is 90.3 Å². The van der Waals surface area contributed by atoms with Crippen molar-refractivity contribution in [1.82, 2.24) is 9.55 Å². The molecule has 1 N–H and O–H groups in total. The number of anilines is 1. The first-order valence-electron chi connectivity index (χ1n) is 9.70. The van der Waals surface area contributed by atoms with Crippen LogP contribution in [0.4, 0.5) is 5.69 Å². The Morgan fingerprint density at radius 1 is 1.03 bits per heavy atom. The van der Waals surface area contributed by atoms with Crippen LogP contribution < -0.4 is 5.32 Å². The Balaban J connectivity index is 1.46. The van der Waals surface area contributed by atoms with Crippen LogP contribution in [0.3, 0.4) is 0 Å². The van der Waals surface area contributed by atoms with E-state index in [1.807, 2.05) is 42.6 Å². The highest BCUT2D eigenvalue weighted by molar-refractivity contribution is 8.00. The molecule has 1 heterocycles.